The van der Waals surface area contributed by atoms with Crippen molar-refractivity contribution >= 4 is 16.9 Å². The minimum atomic E-state index is -0.193. The van der Waals surface area contributed by atoms with Crippen LogP contribution in [0.2, 0.25) is 0 Å². The van der Waals surface area contributed by atoms with Crippen LogP contribution in [-0.4, -0.2) is 24.9 Å². The lowest BCUT2D eigenvalue weighted by Crippen LogP contribution is -2.22. The van der Waals surface area contributed by atoms with Crippen LogP contribution in [0, 0.1) is 6.92 Å². The summed E-state index contributed by atoms with van der Waals surface area (Å²) in [5.74, 6) is 0.309. The smallest absolute Gasteiger partial charge is 0.257 e. The van der Waals surface area contributed by atoms with Gasteiger partial charge in [0.15, 0.2) is 11.0 Å². The van der Waals surface area contributed by atoms with Gasteiger partial charge >= 0.3 is 0 Å². The Bertz CT molecular complexity index is 940. The van der Waals surface area contributed by atoms with Crippen LogP contribution in [-0.2, 0) is 0 Å². The van der Waals surface area contributed by atoms with Crippen LogP contribution in [0.3, 0.4) is 0 Å². The zero-order chi connectivity index (χ0) is 16.6. The second-order valence-corrected chi connectivity index (χ2v) is 5.63. The Kier molecular flexibility index (Phi) is 3.74. The van der Waals surface area contributed by atoms with Crippen LogP contribution in [0.1, 0.15) is 15.9 Å². The second kappa shape index (κ2) is 5.72. The minimum Gasteiger partial charge on any atom is -0.455 e. The first-order chi connectivity index (χ1) is 11.0. The van der Waals surface area contributed by atoms with Gasteiger partial charge in [-0.25, -0.2) is 0 Å². The summed E-state index contributed by atoms with van der Waals surface area (Å²) in [6.45, 7) is 1.74. The van der Waals surface area contributed by atoms with E-state index in [9.17, 15) is 9.59 Å². The molecule has 0 aliphatic rings. The standard InChI is InChI=1S/C19H17NO3/c1-12-16(21)14-10-7-11-15(19(22)20(2)3)18(14)23-17(12)13-8-5-4-6-9-13/h4-11H,1-3H3. The average molecular weight is 307 g/mol. The number of carbonyl (C=O) groups excluding carboxylic acids is 1. The van der Waals surface area contributed by atoms with Crippen LogP contribution in [0.25, 0.3) is 22.3 Å². The summed E-state index contributed by atoms with van der Waals surface area (Å²) in [6, 6.07) is 14.5. The van der Waals surface area contributed by atoms with E-state index in [0.717, 1.165) is 5.56 Å². The molecule has 0 bridgehead atoms. The third-order valence-electron chi connectivity index (χ3n) is 3.82. The van der Waals surface area contributed by atoms with Gasteiger partial charge in [-0.15, -0.1) is 0 Å². The zero-order valence-corrected chi connectivity index (χ0v) is 13.3. The number of carbonyl (C=O) groups is 1. The van der Waals surface area contributed by atoms with Crippen LogP contribution in [0.5, 0.6) is 0 Å². The summed E-state index contributed by atoms with van der Waals surface area (Å²) in [6.07, 6.45) is 0. The normalized spacial score (nSPS) is 10.7. The van der Waals surface area contributed by atoms with Crippen molar-refractivity contribution in [3.63, 3.8) is 0 Å². The Labute approximate surface area is 134 Å². The molecule has 0 N–H and O–H groups in total. The molecule has 0 saturated heterocycles. The fourth-order valence-electron chi connectivity index (χ4n) is 2.58. The first-order valence-corrected chi connectivity index (χ1v) is 7.34. The third-order valence-corrected chi connectivity index (χ3v) is 3.82. The summed E-state index contributed by atoms with van der Waals surface area (Å²) in [7, 11) is 3.34. The molecule has 0 saturated carbocycles. The molecule has 4 nitrogen and oxygen atoms in total. The molecule has 1 heterocycles. The van der Waals surface area contributed by atoms with Crippen LogP contribution < -0.4 is 5.43 Å². The first kappa shape index (κ1) is 15.0. The molecule has 3 aromatic rings. The number of hydrogen-bond acceptors (Lipinski definition) is 3. The van der Waals surface area contributed by atoms with E-state index in [4.69, 9.17) is 4.42 Å². The summed E-state index contributed by atoms with van der Waals surface area (Å²) in [5.41, 5.74) is 1.97. The molecular weight excluding hydrogens is 290 g/mol. The van der Waals surface area contributed by atoms with Gasteiger partial charge < -0.3 is 9.32 Å². The summed E-state index contributed by atoms with van der Waals surface area (Å²) in [5, 5.41) is 0.426. The molecule has 0 aliphatic heterocycles. The molecular formula is C19H17NO3. The van der Waals surface area contributed by atoms with Crippen LogP contribution in [0.4, 0.5) is 0 Å². The van der Waals surface area contributed by atoms with E-state index >= 15 is 0 Å². The van der Waals surface area contributed by atoms with Gasteiger partial charge in [0.2, 0.25) is 0 Å². The number of nitrogens with zero attached hydrogens (tertiary/aromatic N) is 1. The molecule has 0 aliphatic carbocycles. The molecule has 0 unspecified atom stereocenters. The number of amides is 1. The Morgan fingerprint density at radius 3 is 2.35 bits per heavy atom. The van der Waals surface area contributed by atoms with Crippen molar-refractivity contribution in [2.45, 2.75) is 6.92 Å². The average Bonchev–Trinajstić information content (AvgIpc) is 2.57. The Morgan fingerprint density at radius 1 is 1.00 bits per heavy atom. The van der Waals surface area contributed by atoms with Crippen LogP contribution >= 0.6 is 0 Å². The summed E-state index contributed by atoms with van der Waals surface area (Å²) < 4.78 is 6.01. The lowest BCUT2D eigenvalue weighted by Gasteiger charge is -2.13. The molecule has 0 atom stereocenters. The number of rotatable bonds is 2. The van der Waals surface area contributed by atoms with E-state index in [-0.39, 0.29) is 11.3 Å². The SMILES string of the molecule is Cc1c(-c2ccccc2)oc2c(C(=O)N(C)C)cccc2c1=O. The predicted molar refractivity (Wildman–Crippen MR) is 90.7 cm³/mol. The molecule has 0 fully saturated rings. The van der Waals surface area contributed by atoms with E-state index in [1.54, 1.807) is 39.2 Å². The predicted octanol–water partition coefficient (Wildman–Crippen LogP) is 3.47. The molecule has 23 heavy (non-hydrogen) atoms. The quantitative estimate of drug-likeness (QED) is 0.728. The minimum absolute atomic E-state index is 0.112. The highest BCUT2D eigenvalue weighted by atomic mass is 16.3. The van der Waals surface area contributed by atoms with Crippen LogP contribution in [0.15, 0.2) is 57.7 Å². The third kappa shape index (κ3) is 2.52. The molecule has 4 heteroatoms. The lowest BCUT2D eigenvalue weighted by molar-refractivity contribution is 0.0828. The number of fused-ring (bicyclic) bond motifs is 1. The van der Waals surface area contributed by atoms with E-state index in [2.05, 4.69) is 0 Å². The molecule has 2 aromatic carbocycles. The Morgan fingerprint density at radius 2 is 1.70 bits per heavy atom. The monoisotopic (exact) mass is 307 g/mol. The molecule has 0 spiro atoms. The van der Waals surface area contributed by atoms with Gasteiger partial charge in [-0.3, -0.25) is 9.59 Å². The fraction of sp³-hybridized carbons (Fsp3) is 0.158. The largest absolute Gasteiger partial charge is 0.455 e. The first-order valence-electron chi connectivity index (χ1n) is 7.34. The van der Waals surface area contributed by atoms with Gasteiger partial charge in [-0.05, 0) is 19.1 Å². The summed E-state index contributed by atoms with van der Waals surface area (Å²) >= 11 is 0. The Balaban J connectivity index is 2.37. The van der Waals surface area contributed by atoms with Gasteiger partial charge in [0.05, 0.1) is 10.9 Å². The van der Waals surface area contributed by atoms with E-state index in [0.29, 0.717) is 27.9 Å². The maximum atomic E-state index is 12.7. The van der Waals surface area contributed by atoms with E-state index in [1.165, 1.54) is 4.90 Å². The van der Waals surface area contributed by atoms with Gasteiger partial charge in [0.1, 0.15) is 5.76 Å². The van der Waals surface area contributed by atoms with Gasteiger partial charge in [-0.1, -0.05) is 36.4 Å². The van der Waals surface area contributed by atoms with Gasteiger partial charge in [-0.2, -0.15) is 0 Å². The highest BCUT2D eigenvalue weighted by Crippen LogP contribution is 2.27. The molecule has 1 aromatic heterocycles. The highest BCUT2D eigenvalue weighted by molar-refractivity contribution is 6.04. The van der Waals surface area contributed by atoms with Crippen molar-refractivity contribution in [1.82, 2.24) is 4.90 Å². The molecule has 116 valence electrons. The Hall–Kier alpha value is -2.88. The topological polar surface area (TPSA) is 50.5 Å². The number of hydrogen-bond donors (Lipinski definition) is 0. The number of benzene rings is 2. The van der Waals surface area contributed by atoms with Gasteiger partial charge in [0.25, 0.3) is 5.91 Å². The van der Waals surface area contributed by atoms with Crippen molar-refractivity contribution < 1.29 is 9.21 Å². The highest BCUT2D eigenvalue weighted by Gasteiger charge is 2.19. The lowest BCUT2D eigenvalue weighted by atomic mass is 10.0. The van der Waals surface area contributed by atoms with Crippen molar-refractivity contribution in [2.24, 2.45) is 0 Å². The van der Waals surface area contributed by atoms with Gasteiger partial charge in [0, 0.05) is 25.2 Å². The maximum absolute atomic E-state index is 12.7. The van der Waals surface area contributed by atoms with E-state index in [1.807, 2.05) is 30.3 Å². The molecule has 0 radical (unpaired) electrons. The fourth-order valence-corrected chi connectivity index (χ4v) is 2.58. The second-order valence-electron chi connectivity index (χ2n) is 5.63. The van der Waals surface area contributed by atoms with Crippen molar-refractivity contribution in [2.75, 3.05) is 14.1 Å². The zero-order valence-electron chi connectivity index (χ0n) is 13.3. The molecule has 1 amide bonds. The maximum Gasteiger partial charge on any atom is 0.257 e. The van der Waals surface area contributed by atoms with Crippen molar-refractivity contribution in [3.05, 3.63) is 69.9 Å². The van der Waals surface area contributed by atoms with E-state index < -0.39 is 0 Å². The molecule has 3 rings (SSSR count). The van der Waals surface area contributed by atoms with Crippen molar-refractivity contribution in [1.29, 1.82) is 0 Å². The summed E-state index contributed by atoms with van der Waals surface area (Å²) in [4.78, 5) is 26.5. The number of para-hydroxylation sites is 1. The van der Waals surface area contributed by atoms with Crippen molar-refractivity contribution in [3.8, 4) is 11.3 Å².